The van der Waals surface area contributed by atoms with Gasteiger partial charge in [-0.3, -0.25) is 4.79 Å². The van der Waals surface area contributed by atoms with E-state index in [0.29, 0.717) is 36.8 Å². The summed E-state index contributed by atoms with van der Waals surface area (Å²) in [5.41, 5.74) is 1.65. The summed E-state index contributed by atoms with van der Waals surface area (Å²) in [6.07, 6.45) is 12.4. The number of phenolic OH excluding ortho intramolecular Hbond substituents is 1. The van der Waals surface area contributed by atoms with Crippen LogP contribution < -0.4 is 0 Å². The Labute approximate surface area is 184 Å². The number of carboxylic acids is 1. The van der Waals surface area contributed by atoms with Gasteiger partial charge < -0.3 is 20.1 Å². The van der Waals surface area contributed by atoms with Crippen molar-refractivity contribution < 1.29 is 24.9 Å². The van der Waals surface area contributed by atoms with Crippen molar-refractivity contribution >= 4 is 17.6 Å². The zero-order valence-electron chi connectivity index (χ0n) is 17.5. The van der Waals surface area contributed by atoms with Crippen molar-refractivity contribution in [2.24, 2.45) is 11.8 Å². The summed E-state index contributed by atoms with van der Waals surface area (Å²) in [5.74, 6) is 0.0945. The third-order valence-corrected chi connectivity index (χ3v) is 6.14. The molecule has 0 aromatic heterocycles. The van der Waals surface area contributed by atoms with Gasteiger partial charge in [-0.15, -0.1) is 11.6 Å². The van der Waals surface area contributed by atoms with Crippen molar-refractivity contribution in [3.8, 4) is 5.75 Å². The molecule has 2 rings (SSSR count). The van der Waals surface area contributed by atoms with Crippen LogP contribution in [-0.2, 0) is 22.6 Å². The molecule has 5 nitrogen and oxygen atoms in total. The van der Waals surface area contributed by atoms with E-state index >= 15 is 0 Å². The molecule has 0 aliphatic heterocycles. The van der Waals surface area contributed by atoms with Crippen LogP contribution in [0, 0.1) is 11.8 Å². The van der Waals surface area contributed by atoms with Gasteiger partial charge in [0.25, 0.3) is 0 Å². The third-order valence-electron chi connectivity index (χ3n) is 5.60. The minimum absolute atomic E-state index is 0.120. The van der Waals surface area contributed by atoms with Gasteiger partial charge in [-0.05, 0) is 61.6 Å². The molecule has 0 radical (unpaired) electrons. The second kappa shape index (κ2) is 12.8. The maximum Gasteiger partial charge on any atom is 0.303 e. The van der Waals surface area contributed by atoms with Gasteiger partial charge in [0.05, 0.1) is 12.7 Å². The summed E-state index contributed by atoms with van der Waals surface area (Å²) in [7, 11) is 1.58. The first-order valence-corrected chi connectivity index (χ1v) is 11.0. The van der Waals surface area contributed by atoms with Gasteiger partial charge in [-0.1, -0.05) is 30.4 Å². The molecule has 1 fully saturated rings. The van der Waals surface area contributed by atoms with Crippen LogP contribution >= 0.6 is 11.6 Å². The number of allylic oxidation sites excluding steroid dienone is 3. The molecule has 1 aliphatic carbocycles. The van der Waals surface area contributed by atoms with Gasteiger partial charge in [0.1, 0.15) is 5.75 Å². The Balaban J connectivity index is 1.86. The summed E-state index contributed by atoms with van der Waals surface area (Å²) in [6.45, 7) is 0.330. The summed E-state index contributed by atoms with van der Waals surface area (Å²) in [6, 6.07) is 5.31. The van der Waals surface area contributed by atoms with Crippen LogP contribution in [0.4, 0.5) is 0 Å². The fraction of sp³-hybridized carbons (Fsp3) is 0.542. The number of aliphatic hydroxyl groups excluding tert-OH is 1. The van der Waals surface area contributed by atoms with E-state index in [1.807, 2.05) is 24.3 Å². The fourth-order valence-electron chi connectivity index (χ4n) is 3.97. The Bertz CT molecular complexity index is 730. The fourth-order valence-corrected chi connectivity index (χ4v) is 4.38. The molecule has 0 spiro atoms. The quantitative estimate of drug-likeness (QED) is 0.248. The highest BCUT2D eigenvalue weighted by Crippen LogP contribution is 2.39. The van der Waals surface area contributed by atoms with Crippen LogP contribution in [0.15, 0.2) is 42.5 Å². The monoisotopic (exact) mass is 436 g/mol. The Morgan fingerprint density at radius 3 is 2.87 bits per heavy atom. The van der Waals surface area contributed by atoms with E-state index in [2.05, 4.69) is 12.2 Å². The van der Waals surface area contributed by atoms with Crippen molar-refractivity contribution in [2.45, 2.75) is 63.0 Å². The molecule has 1 aromatic rings. The van der Waals surface area contributed by atoms with E-state index in [-0.39, 0.29) is 17.5 Å². The van der Waals surface area contributed by atoms with Crippen molar-refractivity contribution in [2.75, 3.05) is 7.11 Å². The Kier molecular flexibility index (Phi) is 10.4. The van der Waals surface area contributed by atoms with E-state index < -0.39 is 12.1 Å². The van der Waals surface area contributed by atoms with E-state index in [4.69, 9.17) is 21.4 Å². The zero-order valence-corrected chi connectivity index (χ0v) is 18.3. The molecule has 0 heterocycles. The maximum atomic E-state index is 10.5. The average Bonchev–Trinajstić information content (AvgIpc) is 3.05. The molecule has 1 aliphatic rings. The van der Waals surface area contributed by atoms with E-state index in [1.165, 1.54) is 0 Å². The molecular weight excluding hydrogens is 404 g/mol. The van der Waals surface area contributed by atoms with Gasteiger partial charge in [-0.25, -0.2) is 0 Å². The van der Waals surface area contributed by atoms with Crippen LogP contribution in [0.2, 0.25) is 0 Å². The number of aromatic hydroxyl groups is 1. The first-order chi connectivity index (χ1) is 14.4. The first kappa shape index (κ1) is 24.4. The normalized spacial score (nSPS) is 22.8. The number of halogens is 1. The van der Waals surface area contributed by atoms with Crippen LogP contribution in [-0.4, -0.2) is 39.9 Å². The number of hydrogen-bond donors (Lipinski definition) is 3. The Morgan fingerprint density at radius 2 is 2.13 bits per heavy atom. The van der Waals surface area contributed by atoms with E-state index in [9.17, 15) is 15.0 Å². The molecule has 30 heavy (non-hydrogen) atoms. The lowest BCUT2D eigenvalue weighted by atomic mass is 9.91. The number of ether oxygens (including phenoxy) is 1. The van der Waals surface area contributed by atoms with Crippen LogP contribution in [0.25, 0.3) is 0 Å². The lowest BCUT2D eigenvalue weighted by Crippen LogP contribution is -2.14. The SMILES string of the molecule is COCc1cc(CC(O)/C=C/C2CCC(Cl)[C@@H]2C/C=C\CCCC(=O)O)ccc1O. The zero-order chi connectivity index (χ0) is 21.9. The van der Waals surface area contributed by atoms with Crippen LogP contribution in [0.5, 0.6) is 5.75 Å². The van der Waals surface area contributed by atoms with Crippen LogP contribution in [0.3, 0.4) is 0 Å². The van der Waals surface area contributed by atoms with Crippen molar-refractivity contribution in [1.82, 2.24) is 0 Å². The molecule has 4 atom stereocenters. The second-order valence-electron chi connectivity index (χ2n) is 7.97. The highest BCUT2D eigenvalue weighted by molar-refractivity contribution is 6.21. The molecule has 0 bridgehead atoms. The molecule has 0 saturated heterocycles. The van der Waals surface area contributed by atoms with Crippen LogP contribution in [0.1, 0.15) is 49.7 Å². The molecule has 0 amide bonds. The second-order valence-corrected chi connectivity index (χ2v) is 8.53. The first-order valence-electron chi connectivity index (χ1n) is 10.6. The lowest BCUT2D eigenvalue weighted by molar-refractivity contribution is -0.137. The van der Waals surface area contributed by atoms with E-state index in [0.717, 1.165) is 31.2 Å². The number of unbranched alkanes of at least 4 members (excludes halogenated alkanes) is 1. The minimum Gasteiger partial charge on any atom is -0.508 e. The average molecular weight is 437 g/mol. The number of phenols is 1. The highest BCUT2D eigenvalue weighted by atomic mass is 35.5. The smallest absolute Gasteiger partial charge is 0.303 e. The minimum atomic E-state index is -0.758. The van der Waals surface area contributed by atoms with E-state index in [1.54, 1.807) is 13.2 Å². The number of carboxylic acid groups (broad SMARTS) is 1. The number of carbonyl (C=O) groups is 1. The van der Waals surface area contributed by atoms with Gasteiger partial charge in [-0.2, -0.15) is 0 Å². The van der Waals surface area contributed by atoms with Gasteiger partial charge in [0, 0.05) is 30.9 Å². The summed E-state index contributed by atoms with van der Waals surface area (Å²) in [5, 5.41) is 29.1. The van der Waals surface area contributed by atoms with Gasteiger partial charge in [0.2, 0.25) is 0 Å². The number of rotatable bonds is 12. The summed E-state index contributed by atoms with van der Waals surface area (Å²) < 4.78 is 5.09. The number of hydrogen-bond acceptors (Lipinski definition) is 4. The number of aliphatic hydroxyl groups is 1. The molecule has 3 unspecified atom stereocenters. The van der Waals surface area contributed by atoms with Gasteiger partial charge >= 0.3 is 5.97 Å². The lowest BCUT2D eigenvalue weighted by Gasteiger charge is -2.18. The van der Waals surface area contributed by atoms with Crippen molar-refractivity contribution in [1.29, 1.82) is 0 Å². The molecule has 1 saturated carbocycles. The molecule has 6 heteroatoms. The Hall–Kier alpha value is -1.82. The summed E-state index contributed by atoms with van der Waals surface area (Å²) >= 11 is 6.52. The number of benzene rings is 1. The predicted octanol–water partition coefficient (Wildman–Crippen LogP) is 4.83. The van der Waals surface area contributed by atoms with Crippen molar-refractivity contribution in [3.05, 3.63) is 53.6 Å². The molecule has 166 valence electrons. The molecular formula is C24H33ClO5. The number of alkyl halides is 1. The maximum absolute atomic E-state index is 10.5. The van der Waals surface area contributed by atoms with Crippen molar-refractivity contribution in [3.63, 3.8) is 0 Å². The standard InChI is InChI=1S/C24H33ClO5/c1-30-16-19-14-17(8-13-23(19)27)15-20(26)11-9-18-10-12-22(25)21(18)6-4-2-3-5-7-24(28)29/h2,4,8-9,11,13-14,18,20-22,26-27H,3,5-7,10,12,15-16H2,1H3,(H,28,29)/b4-2-,11-9+/t18?,20?,21-,22?/m1/s1. The molecule has 3 N–H and O–H groups in total. The van der Waals surface area contributed by atoms with Gasteiger partial charge in [0.15, 0.2) is 0 Å². The predicted molar refractivity (Wildman–Crippen MR) is 119 cm³/mol. The third kappa shape index (κ3) is 8.13. The highest BCUT2D eigenvalue weighted by Gasteiger charge is 2.32. The Morgan fingerprint density at radius 1 is 1.33 bits per heavy atom. The number of methoxy groups -OCH3 is 1. The topological polar surface area (TPSA) is 87.0 Å². The number of aliphatic carboxylic acids is 1. The molecule has 1 aromatic carbocycles. The summed E-state index contributed by atoms with van der Waals surface area (Å²) in [4.78, 5) is 10.5. The largest absolute Gasteiger partial charge is 0.508 e.